The maximum Gasteiger partial charge on any atom is 0.214 e. The Morgan fingerprint density at radius 1 is 1.47 bits per heavy atom. The first kappa shape index (κ1) is 15.2. The van der Waals surface area contributed by atoms with Crippen LogP contribution in [0.25, 0.3) is 0 Å². The van der Waals surface area contributed by atoms with Crippen LogP contribution in [0.2, 0.25) is 0 Å². The van der Waals surface area contributed by atoms with Crippen molar-refractivity contribution in [1.82, 2.24) is 9.62 Å². The number of rotatable bonds is 8. The molecule has 0 saturated heterocycles. The summed E-state index contributed by atoms with van der Waals surface area (Å²) in [4.78, 5) is 0. The van der Waals surface area contributed by atoms with Crippen LogP contribution in [0, 0.1) is 5.92 Å². The number of alkyl halides is 1. The molecule has 0 aromatic carbocycles. The van der Waals surface area contributed by atoms with Crippen molar-refractivity contribution >= 4 is 21.6 Å². The predicted octanol–water partition coefficient (Wildman–Crippen LogP) is 0.732. The summed E-state index contributed by atoms with van der Waals surface area (Å²) < 4.78 is 24.9. The van der Waals surface area contributed by atoms with Crippen molar-refractivity contribution in [2.75, 3.05) is 38.8 Å². The van der Waals surface area contributed by atoms with E-state index in [-0.39, 0.29) is 11.7 Å². The van der Waals surface area contributed by atoms with Gasteiger partial charge in [-0.1, -0.05) is 6.92 Å². The second-order valence-corrected chi connectivity index (χ2v) is 6.25. The Hall–Kier alpha value is 0.160. The molecule has 0 aromatic heterocycles. The molecule has 4 nitrogen and oxygen atoms in total. The van der Waals surface area contributed by atoms with Crippen molar-refractivity contribution in [3.8, 4) is 0 Å². The summed E-state index contributed by atoms with van der Waals surface area (Å²) in [6, 6.07) is 0. The predicted molar refractivity (Wildman–Crippen MR) is 64.8 cm³/mol. The van der Waals surface area contributed by atoms with Gasteiger partial charge in [0, 0.05) is 19.5 Å². The number of hydrogen-bond acceptors (Lipinski definition) is 3. The highest BCUT2D eigenvalue weighted by molar-refractivity contribution is 7.89. The van der Waals surface area contributed by atoms with E-state index in [2.05, 4.69) is 5.32 Å². The first-order valence-corrected chi connectivity index (χ1v) is 7.23. The zero-order valence-corrected chi connectivity index (χ0v) is 11.2. The Bertz CT molecular complexity index is 257. The molecule has 0 fully saturated rings. The van der Waals surface area contributed by atoms with Crippen molar-refractivity contribution in [1.29, 1.82) is 0 Å². The van der Waals surface area contributed by atoms with Gasteiger partial charge in [0.1, 0.15) is 0 Å². The summed E-state index contributed by atoms with van der Waals surface area (Å²) >= 11 is 5.60. The topological polar surface area (TPSA) is 49.4 Å². The molecule has 1 atom stereocenters. The second kappa shape index (κ2) is 7.44. The van der Waals surface area contributed by atoms with Gasteiger partial charge in [-0.15, -0.1) is 11.6 Å². The van der Waals surface area contributed by atoms with E-state index < -0.39 is 10.0 Å². The molecule has 1 N–H and O–H groups in total. The zero-order valence-electron chi connectivity index (χ0n) is 9.66. The molecule has 0 aliphatic carbocycles. The largest absolute Gasteiger partial charge is 0.320 e. The lowest BCUT2D eigenvalue weighted by atomic mass is 10.3. The van der Waals surface area contributed by atoms with Crippen LogP contribution in [0.5, 0.6) is 0 Å². The molecule has 0 aromatic rings. The fourth-order valence-corrected chi connectivity index (χ4v) is 2.89. The standard InChI is InChI=1S/C9H21ClN2O2S/c1-9(7-10)8-15(13,14)12(3)6-4-5-11-2/h9,11H,4-8H2,1-3H3. The van der Waals surface area contributed by atoms with Gasteiger partial charge in [-0.05, 0) is 25.9 Å². The highest BCUT2D eigenvalue weighted by Gasteiger charge is 2.20. The van der Waals surface area contributed by atoms with Crippen molar-refractivity contribution < 1.29 is 8.42 Å². The Morgan fingerprint density at radius 3 is 2.53 bits per heavy atom. The number of nitrogens with one attached hydrogen (secondary N) is 1. The molecular weight excluding hydrogens is 236 g/mol. The van der Waals surface area contributed by atoms with Crippen molar-refractivity contribution in [2.24, 2.45) is 5.92 Å². The van der Waals surface area contributed by atoms with E-state index in [1.54, 1.807) is 7.05 Å². The Labute approximate surface area is 98.0 Å². The van der Waals surface area contributed by atoms with Crippen LogP contribution in [0.3, 0.4) is 0 Å². The summed E-state index contributed by atoms with van der Waals surface area (Å²) in [7, 11) is 0.337. The van der Waals surface area contributed by atoms with Gasteiger partial charge in [0.05, 0.1) is 5.75 Å². The van der Waals surface area contributed by atoms with Crippen LogP contribution >= 0.6 is 11.6 Å². The average molecular weight is 257 g/mol. The van der Waals surface area contributed by atoms with E-state index in [0.717, 1.165) is 13.0 Å². The summed E-state index contributed by atoms with van der Waals surface area (Å²) in [6.45, 7) is 3.22. The minimum absolute atomic E-state index is 0.00316. The molecule has 0 aliphatic rings. The molecular formula is C9H21ClN2O2S. The normalized spacial score (nSPS) is 14.5. The average Bonchev–Trinajstić information content (AvgIpc) is 2.17. The number of hydrogen-bond donors (Lipinski definition) is 1. The molecule has 0 rings (SSSR count). The van der Waals surface area contributed by atoms with Gasteiger partial charge >= 0.3 is 0 Å². The number of sulfonamides is 1. The van der Waals surface area contributed by atoms with E-state index in [4.69, 9.17) is 11.6 Å². The minimum Gasteiger partial charge on any atom is -0.320 e. The summed E-state index contributed by atoms with van der Waals surface area (Å²) in [5, 5.41) is 2.98. The van der Waals surface area contributed by atoms with Gasteiger partial charge in [-0.2, -0.15) is 0 Å². The molecule has 0 heterocycles. The van der Waals surface area contributed by atoms with Gasteiger partial charge in [0.15, 0.2) is 0 Å². The third-order valence-electron chi connectivity index (χ3n) is 2.13. The lowest BCUT2D eigenvalue weighted by Gasteiger charge is -2.18. The Balaban J connectivity index is 4.08. The molecule has 92 valence electrons. The molecule has 0 saturated carbocycles. The highest BCUT2D eigenvalue weighted by Crippen LogP contribution is 2.07. The molecule has 6 heteroatoms. The van der Waals surface area contributed by atoms with Gasteiger partial charge < -0.3 is 5.32 Å². The molecule has 0 radical (unpaired) electrons. The maximum absolute atomic E-state index is 11.7. The van der Waals surface area contributed by atoms with Crippen LogP contribution < -0.4 is 5.32 Å². The molecule has 0 spiro atoms. The van der Waals surface area contributed by atoms with Crippen molar-refractivity contribution in [3.63, 3.8) is 0 Å². The third-order valence-corrected chi connectivity index (χ3v) is 4.78. The third kappa shape index (κ3) is 6.35. The monoisotopic (exact) mass is 256 g/mol. The van der Waals surface area contributed by atoms with Crippen molar-refractivity contribution in [3.05, 3.63) is 0 Å². The van der Waals surface area contributed by atoms with Gasteiger partial charge in [0.25, 0.3) is 0 Å². The summed E-state index contributed by atoms with van der Waals surface area (Å²) in [5.74, 6) is 0.513. The van der Waals surface area contributed by atoms with E-state index in [1.807, 2.05) is 14.0 Å². The number of nitrogens with zero attached hydrogens (tertiary/aromatic N) is 1. The lowest BCUT2D eigenvalue weighted by molar-refractivity contribution is 0.452. The fourth-order valence-electron chi connectivity index (χ4n) is 1.15. The van der Waals surface area contributed by atoms with Crippen molar-refractivity contribution in [2.45, 2.75) is 13.3 Å². The Kier molecular flexibility index (Phi) is 7.52. The second-order valence-electron chi connectivity index (χ2n) is 3.82. The van der Waals surface area contributed by atoms with Gasteiger partial charge in [-0.3, -0.25) is 0 Å². The van der Waals surface area contributed by atoms with Gasteiger partial charge in [0.2, 0.25) is 10.0 Å². The molecule has 0 aliphatic heterocycles. The highest BCUT2D eigenvalue weighted by atomic mass is 35.5. The molecule has 1 unspecified atom stereocenters. The van der Waals surface area contributed by atoms with Crippen LogP contribution in [0.4, 0.5) is 0 Å². The quantitative estimate of drug-likeness (QED) is 0.515. The maximum atomic E-state index is 11.7. The molecule has 0 amide bonds. The van der Waals surface area contributed by atoms with Crippen LogP contribution in [0.1, 0.15) is 13.3 Å². The SMILES string of the molecule is CNCCCN(C)S(=O)(=O)CC(C)CCl. The lowest BCUT2D eigenvalue weighted by Crippen LogP contribution is -2.33. The van der Waals surface area contributed by atoms with Crippen LogP contribution in [-0.4, -0.2) is 51.5 Å². The minimum atomic E-state index is -3.13. The first-order chi connectivity index (χ1) is 6.94. The summed E-state index contributed by atoms with van der Waals surface area (Å²) in [6.07, 6.45) is 0.821. The summed E-state index contributed by atoms with van der Waals surface area (Å²) in [5.41, 5.74) is 0. The van der Waals surface area contributed by atoms with E-state index in [1.165, 1.54) is 4.31 Å². The molecule has 15 heavy (non-hydrogen) atoms. The first-order valence-electron chi connectivity index (χ1n) is 5.08. The smallest absolute Gasteiger partial charge is 0.214 e. The fraction of sp³-hybridized carbons (Fsp3) is 1.00. The Morgan fingerprint density at radius 2 is 2.07 bits per heavy atom. The van der Waals surface area contributed by atoms with Crippen LogP contribution in [0.15, 0.2) is 0 Å². The zero-order chi connectivity index (χ0) is 11.9. The molecule has 0 bridgehead atoms. The van der Waals surface area contributed by atoms with E-state index in [0.29, 0.717) is 12.4 Å². The van der Waals surface area contributed by atoms with Gasteiger partial charge in [-0.25, -0.2) is 12.7 Å². The van der Waals surface area contributed by atoms with E-state index >= 15 is 0 Å². The van der Waals surface area contributed by atoms with E-state index in [9.17, 15) is 8.42 Å². The number of halogens is 1. The van der Waals surface area contributed by atoms with Crippen LogP contribution in [-0.2, 0) is 10.0 Å².